The molecule has 10 heteroatoms. The van der Waals surface area contributed by atoms with Gasteiger partial charge in [-0.3, -0.25) is 14.5 Å². The third kappa shape index (κ3) is 6.01. The van der Waals surface area contributed by atoms with Crippen molar-refractivity contribution < 1.29 is 27.2 Å². The molecule has 3 rings (SSSR count). The van der Waals surface area contributed by atoms with E-state index in [0.717, 1.165) is 6.07 Å². The van der Waals surface area contributed by atoms with Crippen molar-refractivity contribution in [1.29, 1.82) is 0 Å². The standard InChI is InChI=1S/C23H26F4N4O2/c1-16(30-11-13-31(14-12-30)20-10-6-4-8-18(20)24)22(33)29(2)15-21(32)28-19-9-5-3-7-17(19)23(25,26)27/h3-10,16H,11-15H2,1-2H3,(H,28,32). The predicted octanol–water partition coefficient (Wildman–Crippen LogP) is 3.45. The van der Waals surface area contributed by atoms with Gasteiger partial charge in [-0.15, -0.1) is 0 Å². The van der Waals surface area contributed by atoms with Crippen LogP contribution >= 0.6 is 0 Å². The van der Waals surface area contributed by atoms with Gasteiger partial charge in [-0.05, 0) is 31.2 Å². The van der Waals surface area contributed by atoms with E-state index in [4.69, 9.17) is 0 Å². The number of hydrogen-bond donors (Lipinski definition) is 1. The fourth-order valence-corrected chi connectivity index (χ4v) is 3.86. The minimum atomic E-state index is -4.61. The van der Waals surface area contributed by atoms with Crippen molar-refractivity contribution in [3.05, 3.63) is 59.9 Å². The Morgan fingerprint density at radius 2 is 1.64 bits per heavy atom. The normalized spacial score (nSPS) is 15.8. The second kappa shape index (κ2) is 10.2. The Labute approximate surface area is 189 Å². The number of benzene rings is 2. The number of carbonyl (C=O) groups is 2. The van der Waals surface area contributed by atoms with Crippen molar-refractivity contribution in [2.45, 2.75) is 19.1 Å². The van der Waals surface area contributed by atoms with Gasteiger partial charge in [-0.1, -0.05) is 24.3 Å². The van der Waals surface area contributed by atoms with E-state index < -0.39 is 23.7 Å². The average Bonchev–Trinajstić information content (AvgIpc) is 2.78. The van der Waals surface area contributed by atoms with Gasteiger partial charge in [0.1, 0.15) is 5.82 Å². The molecule has 1 atom stereocenters. The molecule has 0 aromatic heterocycles. The molecule has 2 aromatic rings. The first-order valence-electron chi connectivity index (χ1n) is 10.5. The Balaban J connectivity index is 1.54. The number of nitrogens with one attached hydrogen (secondary N) is 1. The number of rotatable bonds is 6. The molecule has 1 N–H and O–H groups in total. The first-order chi connectivity index (χ1) is 15.6. The van der Waals surface area contributed by atoms with Crippen LogP contribution in [-0.4, -0.2) is 67.4 Å². The van der Waals surface area contributed by atoms with Gasteiger partial charge in [-0.2, -0.15) is 13.2 Å². The zero-order valence-electron chi connectivity index (χ0n) is 18.4. The summed E-state index contributed by atoms with van der Waals surface area (Å²) >= 11 is 0. The molecule has 178 valence electrons. The molecule has 0 aliphatic carbocycles. The minimum Gasteiger partial charge on any atom is -0.367 e. The van der Waals surface area contributed by atoms with Crippen LogP contribution < -0.4 is 10.2 Å². The van der Waals surface area contributed by atoms with Crippen molar-refractivity contribution >= 4 is 23.2 Å². The monoisotopic (exact) mass is 466 g/mol. The van der Waals surface area contributed by atoms with Gasteiger partial charge in [0.05, 0.1) is 29.5 Å². The van der Waals surface area contributed by atoms with E-state index in [1.807, 2.05) is 9.80 Å². The van der Waals surface area contributed by atoms with E-state index in [2.05, 4.69) is 5.32 Å². The number of alkyl halides is 3. The lowest BCUT2D eigenvalue weighted by molar-refractivity contribution is -0.138. The Morgan fingerprint density at radius 3 is 2.27 bits per heavy atom. The summed E-state index contributed by atoms with van der Waals surface area (Å²) in [5.41, 5.74) is -0.786. The van der Waals surface area contributed by atoms with Gasteiger partial charge in [0.2, 0.25) is 11.8 Å². The summed E-state index contributed by atoms with van der Waals surface area (Å²) in [7, 11) is 1.43. The molecule has 2 amide bonds. The molecule has 0 bridgehead atoms. The van der Waals surface area contributed by atoms with Crippen LogP contribution in [0.4, 0.5) is 28.9 Å². The van der Waals surface area contributed by atoms with Crippen molar-refractivity contribution in [1.82, 2.24) is 9.80 Å². The zero-order chi connectivity index (χ0) is 24.2. The highest BCUT2D eigenvalue weighted by Gasteiger charge is 2.34. The summed E-state index contributed by atoms with van der Waals surface area (Å²) in [6.07, 6.45) is -4.61. The van der Waals surface area contributed by atoms with Crippen molar-refractivity contribution in [3.63, 3.8) is 0 Å². The van der Waals surface area contributed by atoms with E-state index in [9.17, 15) is 27.2 Å². The maximum absolute atomic E-state index is 14.0. The largest absolute Gasteiger partial charge is 0.418 e. The molecule has 6 nitrogen and oxygen atoms in total. The van der Waals surface area contributed by atoms with Gasteiger partial charge < -0.3 is 15.1 Å². The first-order valence-corrected chi connectivity index (χ1v) is 10.5. The fraction of sp³-hybridized carbons (Fsp3) is 0.391. The summed E-state index contributed by atoms with van der Waals surface area (Å²) in [6.45, 7) is 3.47. The maximum atomic E-state index is 14.0. The molecule has 1 aliphatic rings. The smallest absolute Gasteiger partial charge is 0.367 e. The lowest BCUT2D eigenvalue weighted by atomic mass is 10.1. The van der Waals surface area contributed by atoms with Crippen molar-refractivity contribution in [2.75, 3.05) is 50.0 Å². The van der Waals surface area contributed by atoms with Crippen LogP contribution in [0.1, 0.15) is 12.5 Å². The van der Waals surface area contributed by atoms with Crippen molar-refractivity contribution in [2.24, 2.45) is 0 Å². The summed E-state index contributed by atoms with van der Waals surface area (Å²) in [5, 5.41) is 2.24. The lowest BCUT2D eigenvalue weighted by Gasteiger charge is -2.39. The molecule has 33 heavy (non-hydrogen) atoms. The van der Waals surface area contributed by atoms with Crippen LogP contribution in [0, 0.1) is 5.82 Å². The Bertz CT molecular complexity index is 990. The second-order valence-electron chi connectivity index (χ2n) is 7.94. The van der Waals surface area contributed by atoms with Crippen LogP contribution in [0.15, 0.2) is 48.5 Å². The number of para-hydroxylation sites is 2. The number of nitrogens with zero attached hydrogens (tertiary/aromatic N) is 3. The Kier molecular flexibility index (Phi) is 7.57. The summed E-state index contributed by atoms with van der Waals surface area (Å²) in [6, 6.07) is 10.7. The summed E-state index contributed by atoms with van der Waals surface area (Å²) in [5.74, 6) is -1.35. The Morgan fingerprint density at radius 1 is 1.03 bits per heavy atom. The SMILES string of the molecule is CC(C(=O)N(C)CC(=O)Nc1ccccc1C(F)(F)F)N1CCN(c2ccccc2F)CC1. The van der Waals surface area contributed by atoms with Gasteiger partial charge >= 0.3 is 6.18 Å². The molecular formula is C23H26F4N4O2. The number of likely N-dealkylation sites (N-methyl/N-ethyl adjacent to an activating group) is 1. The van der Waals surface area contributed by atoms with Crippen LogP contribution in [-0.2, 0) is 15.8 Å². The zero-order valence-corrected chi connectivity index (χ0v) is 18.4. The summed E-state index contributed by atoms with van der Waals surface area (Å²) < 4.78 is 53.4. The number of amides is 2. The van der Waals surface area contributed by atoms with Gasteiger partial charge in [-0.25, -0.2) is 4.39 Å². The number of halogens is 4. The van der Waals surface area contributed by atoms with Gasteiger partial charge in [0.15, 0.2) is 0 Å². The van der Waals surface area contributed by atoms with Gasteiger partial charge in [0.25, 0.3) is 0 Å². The molecular weight excluding hydrogens is 440 g/mol. The van der Waals surface area contributed by atoms with Gasteiger partial charge in [0, 0.05) is 33.2 Å². The fourth-order valence-electron chi connectivity index (χ4n) is 3.86. The molecule has 0 spiro atoms. The number of carbonyl (C=O) groups excluding carboxylic acids is 2. The molecule has 1 unspecified atom stereocenters. The highest BCUT2D eigenvalue weighted by molar-refractivity contribution is 5.95. The highest BCUT2D eigenvalue weighted by Crippen LogP contribution is 2.34. The van der Waals surface area contributed by atoms with Crippen LogP contribution in [0.3, 0.4) is 0 Å². The molecule has 0 saturated carbocycles. The quantitative estimate of drug-likeness (QED) is 0.663. The predicted molar refractivity (Wildman–Crippen MR) is 117 cm³/mol. The number of anilines is 2. The molecule has 2 aromatic carbocycles. The number of hydrogen-bond acceptors (Lipinski definition) is 4. The van der Waals surface area contributed by atoms with E-state index in [1.165, 1.54) is 36.2 Å². The molecule has 1 saturated heterocycles. The number of piperazine rings is 1. The third-order valence-electron chi connectivity index (χ3n) is 5.68. The van der Waals surface area contributed by atoms with E-state index in [0.29, 0.717) is 31.9 Å². The topological polar surface area (TPSA) is 55.9 Å². The molecule has 1 fully saturated rings. The minimum absolute atomic E-state index is 0.298. The van der Waals surface area contributed by atoms with E-state index in [1.54, 1.807) is 25.1 Å². The average molecular weight is 466 g/mol. The van der Waals surface area contributed by atoms with E-state index >= 15 is 0 Å². The van der Waals surface area contributed by atoms with E-state index in [-0.39, 0.29) is 24.0 Å². The lowest BCUT2D eigenvalue weighted by Crippen LogP contribution is -2.54. The van der Waals surface area contributed by atoms with Crippen molar-refractivity contribution in [3.8, 4) is 0 Å². The first kappa shape index (κ1) is 24.5. The summed E-state index contributed by atoms with van der Waals surface area (Å²) in [4.78, 5) is 30.2. The molecule has 0 radical (unpaired) electrons. The Hall–Kier alpha value is -3.14. The maximum Gasteiger partial charge on any atom is 0.418 e. The molecule has 1 heterocycles. The highest BCUT2D eigenvalue weighted by atomic mass is 19.4. The van der Waals surface area contributed by atoms with Crippen LogP contribution in [0.2, 0.25) is 0 Å². The third-order valence-corrected chi connectivity index (χ3v) is 5.68. The second-order valence-corrected chi connectivity index (χ2v) is 7.94. The van der Waals surface area contributed by atoms with Crippen LogP contribution in [0.5, 0.6) is 0 Å². The van der Waals surface area contributed by atoms with Crippen LogP contribution in [0.25, 0.3) is 0 Å². The molecule has 1 aliphatic heterocycles.